The molecule has 0 radical (unpaired) electrons. The minimum absolute atomic E-state index is 0.299. The molecule has 0 aliphatic heterocycles. The van der Waals surface area contributed by atoms with Crippen molar-refractivity contribution in [1.82, 2.24) is 15.6 Å². The summed E-state index contributed by atoms with van der Waals surface area (Å²) in [6.45, 7) is 1.40. The Morgan fingerprint density at radius 3 is 2.90 bits per heavy atom. The van der Waals surface area contributed by atoms with Crippen LogP contribution in [0, 0.1) is 0 Å². The van der Waals surface area contributed by atoms with Crippen LogP contribution in [-0.4, -0.2) is 23.2 Å². The number of rotatable bonds is 5. The van der Waals surface area contributed by atoms with Crippen LogP contribution in [0.3, 0.4) is 0 Å². The normalized spacial score (nSPS) is 17.9. The molecule has 0 bridgehead atoms. The van der Waals surface area contributed by atoms with Gasteiger partial charge in [-0.2, -0.15) is 0 Å². The largest absolute Gasteiger partial charge is 0.333 e. The van der Waals surface area contributed by atoms with E-state index in [9.17, 15) is 9.18 Å². The third-order valence-corrected chi connectivity index (χ3v) is 4.13. The highest BCUT2D eigenvalue weighted by Gasteiger charge is 2.38. The van der Waals surface area contributed by atoms with E-state index in [2.05, 4.69) is 15.6 Å². The Morgan fingerprint density at radius 1 is 1.60 bits per heavy atom. The van der Waals surface area contributed by atoms with Crippen molar-refractivity contribution >= 4 is 17.6 Å². The van der Waals surface area contributed by atoms with E-state index in [4.69, 9.17) is 11.6 Å². The predicted octanol–water partition coefficient (Wildman–Crippen LogP) is 3.38. The van der Waals surface area contributed by atoms with Gasteiger partial charge in [-0.15, -0.1) is 0 Å². The number of hydrogen-bond acceptors (Lipinski definition) is 2. The van der Waals surface area contributed by atoms with Crippen LogP contribution in [0.15, 0.2) is 18.3 Å². The van der Waals surface area contributed by atoms with E-state index >= 15 is 0 Å². The van der Waals surface area contributed by atoms with Crippen LogP contribution in [0.25, 0.3) is 0 Å². The van der Waals surface area contributed by atoms with Crippen LogP contribution < -0.4 is 10.6 Å². The number of pyridine rings is 1. The first-order valence-electron chi connectivity index (χ1n) is 6.81. The summed E-state index contributed by atoms with van der Waals surface area (Å²) in [6, 6.07) is 2.87. The number of urea groups is 1. The molecule has 1 unspecified atom stereocenters. The standard InChI is InChI=1S/C14H19ClFN3O/c1-10(12-11(15)4-2-9-17-12)18-13(20)19-14(7-8-16)5-3-6-14/h2,4,9-10H,3,5-8H2,1H3,(H2,18,19,20). The molecular weight excluding hydrogens is 281 g/mol. The number of amides is 2. The minimum atomic E-state index is -0.415. The molecule has 4 nitrogen and oxygen atoms in total. The number of halogens is 2. The molecule has 0 spiro atoms. The summed E-state index contributed by atoms with van der Waals surface area (Å²) in [6.07, 6.45) is 4.71. The first-order valence-corrected chi connectivity index (χ1v) is 7.19. The van der Waals surface area contributed by atoms with E-state index in [0.717, 1.165) is 19.3 Å². The average molecular weight is 300 g/mol. The maximum absolute atomic E-state index is 12.5. The molecule has 0 saturated heterocycles. The molecule has 1 fully saturated rings. The SMILES string of the molecule is CC(NC(=O)NC1(CCF)CCC1)c1ncccc1Cl. The molecule has 2 rings (SSSR count). The highest BCUT2D eigenvalue weighted by Crippen LogP contribution is 2.35. The van der Waals surface area contributed by atoms with Crippen molar-refractivity contribution in [1.29, 1.82) is 0 Å². The molecule has 1 aromatic rings. The van der Waals surface area contributed by atoms with Gasteiger partial charge in [-0.3, -0.25) is 9.37 Å². The van der Waals surface area contributed by atoms with Crippen LogP contribution in [0.1, 0.15) is 44.3 Å². The quantitative estimate of drug-likeness (QED) is 0.876. The molecule has 6 heteroatoms. The van der Waals surface area contributed by atoms with E-state index in [1.54, 1.807) is 18.3 Å². The van der Waals surface area contributed by atoms with Gasteiger partial charge < -0.3 is 10.6 Å². The zero-order valence-electron chi connectivity index (χ0n) is 11.5. The van der Waals surface area contributed by atoms with Gasteiger partial charge >= 0.3 is 6.03 Å². The van der Waals surface area contributed by atoms with Gasteiger partial charge in [-0.05, 0) is 44.7 Å². The second-order valence-electron chi connectivity index (χ2n) is 5.26. The lowest BCUT2D eigenvalue weighted by molar-refractivity contribution is 0.155. The summed E-state index contributed by atoms with van der Waals surface area (Å²) in [5, 5.41) is 6.21. The third kappa shape index (κ3) is 3.39. The lowest BCUT2D eigenvalue weighted by Crippen LogP contribution is -2.56. The Bertz CT molecular complexity index is 479. The third-order valence-electron chi connectivity index (χ3n) is 3.81. The molecule has 0 aromatic carbocycles. The lowest BCUT2D eigenvalue weighted by Gasteiger charge is -2.42. The smallest absolute Gasteiger partial charge is 0.315 e. The van der Waals surface area contributed by atoms with Crippen LogP contribution in [-0.2, 0) is 0 Å². The summed E-state index contributed by atoms with van der Waals surface area (Å²) < 4.78 is 12.5. The molecule has 1 heterocycles. The molecule has 1 aliphatic rings. The Balaban J connectivity index is 1.93. The van der Waals surface area contributed by atoms with Gasteiger partial charge in [0.2, 0.25) is 0 Å². The van der Waals surface area contributed by atoms with E-state index < -0.39 is 6.67 Å². The molecule has 1 atom stereocenters. The number of carbonyl (C=O) groups excluding carboxylic acids is 1. The van der Waals surface area contributed by atoms with Gasteiger partial charge in [0.25, 0.3) is 0 Å². The molecule has 2 N–H and O–H groups in total. The van der Waals surface area contributed by atoms with Crippen molar-refractivity contribution in [2.75, 3.05) is 6.67 Å². The number of nitrogens with one attached hydrogen (secondary N) is 2. The second-order valence-corrected chi connectivity index (χ2v) is 5.67. The zero-order valence-corrected chi connectivity index (χ0v) is 12.2. The molecule has 20 heavy (non-hydrogen) atoms. The summed E-state index contributed by atoms with van der Waals surface area (Å²) in [7, 11) is 0. The molecule has 1 saturated carbocycles. The van der Waals surface area contributed by atoms with Gasteiger partial charge in [0, 0.05) is 11.7 Å². The van der Waals surface area contributed by atoms with Crippen molar-refractivity contribution in [2.24, 2.45) is 0 Å². The van der Waals surface area contributed by atoms with Gasteiger partial charge in [0.15, 0.2) is 0 Å². The number of nitrogens with zero attached hydrogens (tertiary/aromatic N) is 1. The molecule has 2 amide bonds. The van der Waals surface area contributed by atoms with Crippen molar-refractivity contribution in [3.8, 4) is 0 Å². The van der Waals surface area contributed by atoms with E-state index in [1.165, 1.54) is 0 Å². The molecular formula is C14H19ClFN3O. The second kappa shape index (κ2) is 6.39. The van der Waals surface area contributed by atoms with Gasteiger partial charge in [0.1, 0.15) is 0 Å². The molecule has 110 valence electrons. The zero-order chi connectivity index (χ0) is 14.6. The fourth-order valence-corrected chi connectivity index (χ4v) is 2.77. The van der Waals surface area contributed by atoms with Crippen molar-refractivity contribution in [3.05, 3.63) is 29.0 Å². The van der Waals surface area contributed by atoms with Crippen molar-refractivity contribution in [3.63, 3.8) is 0 Å². The van der Waals surface area contributed by atoms with Crippen molar-refractivity contribution < 1.29 is 9.18 Å². The van der Waals surface area contributed by atoms with E-state index in [0.29, 0.717) is 17.1 Å². The van der Waals surface area contributed by atoms with Gasteiger partial charge in [-0.25, -0.2) is 4.79 Å². The van der Waals surface area contributed by atoms with E-state index in [1.807, 2.05) is 6.92 Å². The Kier molecular flexibility index (Phi) is 4.81. The van der Waals surface area contributed by atoms with Gasteiger partial charge in [0.05, 0.1) is 23.4 Å². The fourth-order valence-electron chi connectivity index (χ4n) is 2.48. The van der Waals surface area contributed by atoms with E-state index in [-0.39, 0.29) is 17.6 Å². The van der Waals surface area contributed by atoms with Crippen LogP contribution in [0.2, 0.25) is 5.02 Å². The minimum Gasteiger partial charge on any atom is -0.333 e. The van der Waals surface area contributed by atoms with Crippen LogP contribution in [0.4, 0.5) is 9.18 Å². The molecule has 1 aromatic heterocycles. The summed E-state index contributed by atoms with van der Waals surface area (Å²) in [4.78, 5) is 16.2. The van der Waals surface area contributed by atoms with Crippen LogP contribution >= 0.6 is 11.6 Å². The lowest BCUT2D eigenvalue weighted by atomic mass is 9.75. The Hall–Kier alpha value is -1.36. The first kappa shape index (κ1) is 15.0. The maximum atomic E-state index is 12.5. The predicted molar refractivity (Wildman–Crippen MR) is 76.5 cm³/mol. The maximum Gasteiger partial charge on any atom is 0.315 e. The number of carbonyl (C=O) groups is 1. The van der Waals surface area contributed by atoms with Crippen molar-refractivity contribution in [2.45, 2.75) is 44.2 Å². The summed E-state index contributed by atoms with van der Waals surface area (Å²) in [5.41, 5.74) is 0.254. The summed E-state index contributed by atoms with van der Waals surface area (Å²) >= 11 is 6.04. The Morgan fingerprint density at radius 2 is 2.35 bits per heavy atom. The Labute approximate surface area is 123 Å². The van der Waals surface area contributed by atoms with Gasteiger partial charge in [-0.1, -0.05) is 11.6 Å². The first-order chi connectivity index (χ1) is 9.56. The number of hydrogen-bond donors (Lipinski definition) is 2. The highest BCUT2D eigenvalue weighted by molar-refractivity contribution is 6.31. The molecule has 1 aliphatic carbocycles. The summed E-state index contributed by atoms with van der Waals surface area (Å²) in [5.74, 6) is 0. The monoisotopic (exact) mass is 299 g/mol. The fraction of sp³-hybridized carbons (Fsp3) is 0.571. The topological polar surface area (TPSA) is 54.0 Å². The number of aromatic nitrogens is 1. The number of alkyl halides is 1. The highest BCUT2D eigenvalue weighted by atomic mass is 35.5. The average Bonchev–Trinajstić information content (AvgIpc) is 2.36. The van der Waals surface area contributed by atoms with Crippen LogP contribution in [0.5, 0.6) is 0 Å².